The van der Waals surface area contributed by atoms with Crippen molar-refractivity contribution in [2.24, 2.45) is 0 Å². The van der Waals surface area contributed by atoms with Gasteiger partial charge in [0.25, 0.3) is 0 Å². The zero-order valence-corrected chi connectivity index (χ0v) is 15.4. The average molecular weight is 364 g/mol. The smallest absolute Gasteiger partial charge is 0.306 e. The van der Waals surface area contributed by atoms with Gasteiger partial charge in [0.15, 0.2) is 0 Å². The molecule has 4 heteroatoms. The van der Waals surface area contributed by atoms with Crippen LogP contribution in [0.3, 0.4) is 0 Å². The molecule has 2 aromatic rings. The molecular formula is C23H24O4. The van der Waals surface area contributed by atoms with Gasteiger partial charge in [0.1, 0.15) is 13.2 Å². The predicted molar refractivity (Wildman–Crippen MR) is 107 cm³/mol. The molecule has 0 saturated heterocycles. The summed E-state index contributed by atoms with van der Waals surface area (Å²) in [7, 11) is 0. The second-order valence-electron chi connectivity index (χ2n) is 5.98. The van der Waals surface area contributed by atoms with Crippen LogP contribution in [0.1, 0.15) is 41.5 Å². The molecule has 0 heterocycles. The molecule has 0 bridgehead atoms. The molecule has 0 aliphatic rings. The molecule has 0 unspecified atom stereocenters. The Morgan fingerprint density at radius 1 is 0.741 bits per heavy atom. The number of hydrogen-bond donors (Lipinski definition) is 0. The van der Waals surface area contributed by atoms with E-state index in [0.717, 1.165) is 22.3 Å². The van der Waals surface area contributed by atoms with Crippen LogP contribution >= 0.6 is 0 Å². The van der Waals surface area contributed by atoms with Crippen LogP contribution in [-0.4, -0.2) is 11.9 Å². The number of rotatable bonds is 10. The SMILES string of the molecule is C=Cc1ccccc1COC(=O)CCCC(=O)OCc1ccccc1C=C. The molecule has 0 N–H and O–H groups in total. The van der Waals surface area contributed by atoms with E-state index < -0.39 is 0 Å². The van der Waals surface area contributed by atoms with Gasteiger partial charge in [-0.2, -0.15) is 0 Å². The molecule has 0 aromatic heterocycles. The maximum atomic E-state index is 11.8. The first-order valence-corrected chi connectivity index (χ1v) is 8.86. The van der Waals surface area contributed by atoms with Crippen molar-refractivity contribution in [3.8, 4) is 0 Å². The van der Waals surface area contributed by atoms with E-state index in [0.29, 0.717) is 6.42 Å². The number of esters is 2. The first-order valence-electron chi connectivity index (χ1n) is 8.86. The molecule has 0 fully saturated rings. The highest BCUT2D eigenvalue weighted by atomic mass is 16.5. The molecule has 0 spiro atoms. The minimum Gasteiger partial charge on any atom is -0.461 e. The first kappa shape index (κ1) is 20.2. The van der Waals surface area contributed by atoms with Crippen LogP contribution < -0.4 is 0 Å². The van der Waals surface area contributed by atoms with Gasteiger partial charge in [-0.3, -0.25) is 9.59 Å². The Balaban J connectivity index is 1.68. The fourth-order valence-electron chi connectivity index (χ4n) is 2.57. The molecule has 0 aliphatic carbocycles. The third-order valence-corrected chi connectivity index (χ3v) is 4.09. The van der Waals surface area contributed by atoms with Crippen molar-refractivity contribution >= 4 is 24.1 Å². The van der Waals surface area contributed by atoms with Gasteiger partial charge in [-0.25, -0.2) is 0 Å². The van der Waals surface area contributed by atoms with E-state index in [2.05, 4.69) is 13.2 Å². The lowest BCUT2D eigenvalue weighted by atomic mass is 10.1. The monoisotopic (exact) mass is 364 g/mol. The number of benzene rings is 2. The summed E-state index contributed by atoms with van der Waals surface area (Å²) < 4.78 is 10.5. The van der Waals surface area contributed by atoms with E-state index in [1.165, 1.54) is 0 Å². The lowest BCUT2D eigenvalue weighted by Gasteiger charge is -2.09. The summed E-state index contributed by atoms with van der Waals surface area (Å²) in [6, 6.07) is 15.2. The van der Waals surface area contributed by atoms with Crippen molar-refractivity contribution in [3.63, 3.8) is 0 Å². The van der Waals surface area contributed by atoms with Crippen molar-refractivity contribution in [2.75, 3.05) is 0 Å². The van der Waals surface area contributed by atoms with Crippen LogP contribution in [0.25, 0.3) is 12.2 Å². The average Bonchev–Trinajstić information content (AvgIpc) is 2.71. The van der Waals surface area contributed by atoms with Crippen LogP contribution in [-0.2, 0) is 32.3 Å². The second kappa shape index (κ2) is 10.8. The third-order valence-electron chi connectivity index (χ3n) is 4.09. The third kappa shape index (κ3) is 6.59. The number of carbonyl (C=O) groups is 2. The van der Waals surface area contributed by atoms with E-state index in [4.69, 9.17) is 9.47 Å². The molecule has 0 atom stereocenters. The van der Waals surface area contributed by atoms with Crippen LogP contribution in [0.2, 0.25) is 0 Å². The quantitative estimate of drug-likeness (QED) is 0.561. The van der Waals surface area contributed by atoms with Crippen LogP contribution in [0, 0.1) is 0 Å². The number of carbonyl (C=O) groups excluding carboxylic acids is 2. The molecule has 0 amide bonds. The zero-order valence-electron chi connectivity index (χ0n) is 15.4. The standard InChI is InChI=1S/C23H24O4/c1-3-18-10-5-7-12-20(18)16-26-22(24)14-9-15-23(25)27-17-21-13-8-6-11-19(21)4-2/h3-8,10-13H,1-2,9,14-17H2. The topological polar surface area (TPSA) is 52.6 Å². The first-order chi connectivity index (χ1) is 13.1. The van der Waals surface area contributed by atoms with Crippen molar-refractivity contribution in [1.29, 1.82) is 0 Å². The normalized spacial score (nSPS) is 10.1. The maximum absolute atomic E-state index is 11.8. The number of ether oxygens (including phenoxy) is 2. The van der Waals surface area contributed by atoms with Crippen LogP contribution in [0.15, 0.2) is 61.7 Å². The van der Waals surface area contributed by atoms with Crippen LogP contribution in [0.5, 0.6) is 0 Å². The van der Waals surface area contributed by atoms with E-state index in [1.54, 1.807) is 12.2 Å². The minimum atomic E-state index is -0.335. The lowest BCUT2D eigenvalue weighted by molar-refractivity contribution is -0.146. The minimum absolute atomic E-state index is 0.175. The second-order valence-corrected chi connectivity index (χ2v) is 5.98. The number of hydrogen-bond acceptors (Lipinski definition) is 4. The van der Waals surface area contributed by atoms with Gasteiger partial charge in [0.05, 0.1) is 0 Å². The molecular weight excluding hydrogens is 340 g/mol. The van der Waals surface area contributed by atoms with Crippen LogP contribution in [0.4, 0.5) is 0 Å². The molecule has 2 aromatic carbocycles. The Morgan fingerprint density at radius 3 is 1.56 bits per heavy atom. The summed E-state index contributed by atoms with van der Waals surface area (Å²) >= 11 is 0. The van der Waals surface area contributed by atoms with Gasteiger partial charge in [-0.05, 0) is 28.7 Å². The lowest BCUT2D eigenvalue weighted by Crippen LogP contribution is -2.09. The largest absolute Gasteiger partial charge is 0.461 e. The van der Waals surface area contributed by atoms with E-state index >= 15 is 0 Å². The van der Waals surface area contributed by atoms with Crippen molar-refractivity contribution in [2.45, 2.75) is 32.5 Å². The summed E-state index contributed by atoms with van der Waals surface area (Å²) in [5.74, 6) is -0.669. The summed E-state index contributed by atoms with van der Waals surface area (Å²) in [5, 5.41) is 0. The van der Waals surface area contributed by atoms with Gasteiger partial charge >= 0.3 is 11.9 Å². The maximum Gasteiger partial charge on any atom is 0.306 e. The van der Waals surface area contributed by atoms with Gasteiger partial charge in [-0.15, -0.1) is 0 Å². The van der Waals surface area contributed by atoms with Crippen molar-refractivity contribution in [1.82, 2.24) is 0 Å². The molecule has 2 rings (SSSR count). The molecule has 0 radical (unpaired) electrons. The van der Waals surface area contributed by atoms with E-state index in [-0.39, 0.29) is 38.0 Å². The Kier molecular flexibility index (Phi) is 8.04. The van der Waals surface area contributed by atoms with Crippen molar-refractivity contribution < 1.29 is 19.1 Å². The summed E-state index contributed by atoms with van der Waals surface area (Å²) in [5.41, 5.74) is 3.68. The summed E-state index contributed by atoms with van der Waals surface area (Å²) in [4.78, 5) is 23.7. The van der Waals surface area contributed by atoms with Gasteiger partial charge in [-0.1, -0.05) is 73.8 Å². The van der Waals surface area contributed by atoms with E-state index in [9.17, 15) is 9.59 Å². The van der Waals surface area contributed by atoms with E-state index in [1.807, 2.05) is 48.5 Å². The van der Waals surface area contributed by atoms with Gasteiger partial charge < -0.3 is 9.47 Å². The zero-order chi connectivity index (χ0) is 19.5. The summed E-state index contributed by atoms with van der Waals surface area (Å²) in [6.45, 7) is 7.88. The molecule has 140 valence electrons. The Hall–Kier alpha value is -3.14. The highest BCUT2D eigenvalue weighted by Gasteiger charge is 2.09. The molecule has 4 nitrogen and oxygen atoms in total. The fourth-order valence-corrected chi connectivity index (χ4v) is 2.57. The Bertz CT molecular complexity index is 740. The molecule has 0 aliphatic heterocycles. The molecule has 27 heavy (non-hydrogen) atoms. The predicted octanol–water partition coefficient (Wildman–Crippen LogP) is 4.93. The Labute approximate surface area is 160 Å². The Morgan fingerprint density at radius 2 is 1.15 bits per heavy atom. The van der Waals surface area contributed by atoms with Crippen molar-refractivity contribution in [3.05, 3.63) is 83.9 Å². The van der Waals surface area contributed by atoms with Gasteiger partial charge in [0, 0.05) is 12.8 Å². The highest BCUT2D eigenvalue weighted by molar-refractivity contribution is 5.72. The fraction of sp³-hybridized carbons (Fsp3) is 0.217. The van der Waals surface area contributed by atoms with Gasteiger partial charge in [0.2, 0.25) is 0 Å². The highest BCUT2D eigenvalue weighted by Crippen LogP contribution is 2.13. The molecule has 0 saturated carbocycles. The summed E-state index contributed by atoms with van der Waals surface area (Å²) in [6.07, 6.45) is 4.19.